The molecular weight excluding hydrogens is 266 g/mol. The van der Waals surface area contributed by atoms with Crippen molar-refractivity contribution in [2.75, 3.05) is 51.3 Å². The van der Waals surface area contributed by atoms with Crippen molar-refractivity contribution in [2.45, 2.75) is 6.42 Å². The van der Waals surface area contributed by atoms with Crippen LogP contribution in [0.15, 0.2) is 24.3 Å². The monoisotopic (exact) mass is 289 g/mol. The first-order chi connectivity index (χ1) is 10.3. The van der Waals surface area contributed by atoms with Crippen molar-refractivity contribution in [2.24, 2.45) is 5.92 Å². The molecule has 2 aliphatic heterocycles. The zero-order valence-electron chi connectivity index (χ0n) is 12.5. The van der Waals surface area contributed by atoms with E-state index in [4.69, 9.17) is 4.74 Å². The van der Waals surface area contributed by atoms with Gasteiger partial charge < -0.3 is 19.9 Å². The van der Waals surface area contributed by atoms with Crippen LogP contribution >= 0.6 is 0 Å². The number of methoxy groups -OCH3 is 1. The number of carbonyl (C=O) groups is 1. The Morgan fingerprint density at radius 3 is 2.57 bits per heavy atom. The fourth-order valence-corrected chi connectivity index (χ4v) is 2.96. The molecule has 21 heavy (non-hydrogen) atoms. The molecule has 1 amide bonds. The van der Waals surface area contributed by atoms with Gasteiger partial charge in [-0.05, 0) is 31.1 Å². The molecule has 1 N–H and O–H groups in total. The van der Waals surface area contributed by atoms with Crippen molar-refractivity contribution in [1.82, 2.24) is 10.2 Å². The molecule has 0 unspecified atom stereocenters. The van der Waals surface area contributed by atoms with E-state index in [1.807, 2.05) is 23.1 Å². The van der Waals surface area contributed by atoms with Crippen LogP contribution in [0, 0.1) is 5.92 Å². The molecule has 3 rings (SSSR count). The topological polar surface area (TPSA) is 44.8 Å². The Balaban J connectivity index is 1.55. The summed E-state index contributed by atoms with van der Waals surface area (Å²) >= 11 is 0. The Morgan fingerprint density at radius 1 is 1.24 bits per heavy atom. The Labute approximate surface area is 125 Å². The molecule has 0 atom stereocenters. The molecule has 114 valence electrons. The fraction of sp³-hybridized carbons (Fsp3) is 0.562. The highest BCUT2D eigenvalue weighted by atomic mass is 16.5. The molecule has 2 heterocycles. The zero-order valence-corrected chi connectivity index (χ0v) is 12.5. The molecule has 0 spiro atoms. The largest absolute Gasteiger partial charge is 0.495 e. The smallest absolute Gasteiger partial charge is 0.223 e. The lowest BCUT2D eigenvalue weighted by atomic mass is 9.98. The second kappa shape index (κ2) is 6.35. The highest BCUT2D eigenvalue weighted by molar-refractivity contribution is 5.77. The molecule has 0 aliphatic carbocycles. The Kier molecular flexibility index (Phi) is 4.29. The van der Waals surface area contributed by atoms with Crippen molar-refractivity contribution >= 4 is 11.6 Å². The van der Waals surface area contributed by atoms with Crippen LogP contribution in [0.1, 0.15) is 6.42 Å². The van der Waals surface area contributed by atoms with E-state index in [0.717, 1.165) is 50.7 Å². The molecule has 5 heteroatoms. The van der Waals surface area contributed by atoms with Gasteiger partial charge in [-0.25, -0.2) is 0 Å². The van der Waals surface area contributed by atoms with Crippen LogP contribution in [0.25, 0.3) is 0 Å². The average molecular weight is 289 g/mol. The molecule has 1 aromatic rings. The van der Waals surface area contributed by atoms with Gasteiger partial charge in [-0.15, -0.1) is 0 Å². The number of para-hydroxylation sites is 2. The number of hydrogen-bond donors (Lipinski definition) is 1. The van der Waals surface area contributed by atoms with Crippen LogP contribution in [0.3, 0.4) is 0 Å². The van der Waals surface area contributed by atoms with Crippen molar-refractivity contribution in [3.05, 3.63) is 24.3 Å². The first kappa shape index (κ1) is 14.2. The predicted octanol–water partition coefficient (Wildman–Crippen LogP) is 0.953. The number of nitrogens with zero attached hydrogens (tertiary/aromatic N) is 2. The van der Waals surface area contributed by atoms with Gasteiger partial charge in [0, 0.05) is 32.6 Å². The summed E-state index contributed by atoms with van der Waals surface area (Å²) in [5, 5.41) is 3.22. The maximum absolute atomic E-state index is 12.2. The minimum Gasteiger partial charge on any atom is -0.495 e. The number of amides is 1. The molecule has 5 nitrogen and oxygen atoms in total. The van der Waals surface area contributed by atoms with Crippen LogP contribution in [-0.2, 0) is 4.79 Å². The van der Waals surface area contributed by atoms with Crippen molar-refractivity contribution < 1.29 is 9.53 Å². The summed E-state index contributed by atoms with van der Waals surface area (Å²) in [6.45, 7) is 5.33. The average Bonchev–Trinajstić information content (AvgIpc) is 2.51. The molecule has 2 fully saturated rings. The van der Waals surface area contributed by atoms with Gasteiger partial charge in [-0.2, -0.15) is 0 Å². The number of rotatable bonds is 4. The van der Waals surface area contributed by atoms with Gasteiger partial charge in [0.05, 0.1) is 12.8 Å². The van der Waals surface area contributed by atoms with E-state index >= 15 is 0 Å². The van der Waals surface area contributed by atoms with E-state index < -0.39 is 0 Å². The minimum absolute atomic E-state index is 0.307. The molecule has 0 saturated carbocycles. The molecule has 1 aromatic carbocycles. The Hall–Kier alpha value is -1.75. The first-order valence-corrected chi connectivity index (χ1v) is 7.64. The third-order valence-corrected chi connectivity index (χ3v) is 4.39. The molecule has 2 aliphatic rings. The van der Waals surface area contributed by atoms with Crippen LogP contribution < -0.4 is 15.0 Å². The van der Waals surface area contributed by atoms with Crippen molar-refractivity contribution in [3.8, 4) is 5.75 Å². The summed E-state index contributed by atoms with van der Waals surface area (Å²) in [7, 11) is 1.70. The van der Waals surface area contributed by atoms with E-state index in [1.165, 1.54) is 0 Å². The zero-order chi connectivity index (χ0) is 14.7. The Morgan fingerprint density at radius 2 is 1.95 bits per heavy atom. The maximum atomic E-state index is 12.2. The van der Waals surface area contributed by atoms with E-state index in [0.29, 0.717) is 18.2 Å². The lowest BCUT2D eigenvalue weighted by Gasteiger charge is -2.38. The standard InChI is InChI=1S/C16H23N3O2/c1-21-15-5-3-2-4-14(15)18-6-8-19(9-7-18)16(20)10-13-11-17-12-13/h2-5,13,17H,6-12H2,1H3. The highest BCUT2D eigenvalue weighted by Gasteiger charge is 2.26. The van der Waals surface area contributed by atoms with Gasteiger partial charge in [0.2, 0.25) is 5.91 Å². The number of carbonyl (C=O) groups excluding carboxylic acids is 1. The van der Waals surface area contributed by atoms with E-state index in [9.17, 15) is 4.79 Å². The number of nitrogens with one attached hydrogen (secondary N) is 1. The van der Waals surface area contributed by atoms with Gasteiger partial charge in [-0.1, -0.05) is 12.1 Å². The third-order valence-electron chi connectivity index (χ3n) is 4.39. The van der Waals surface area contributed by atoms with Crippen LogP contribution in [0.5, 0.6) is 5.75 Å². The summed E-state index contributed by atoms with van der Waals surface area (Å²) in [6.07, 6.45) is 0.696. The summed E-state index contributed by atoms with van der Waals surface area (Å²) < 4.78 is 5.42. The summed E-state index contributed by atoms with van der Waals surface area (Å²) in [5.41, 5.74) is 1.12. The molecule has 2 saturated heterocycles. The van der Waals surface area contributed by atoms with Gasteiger partial charge >= 0.3 is 0 Å². The number of piperazine rings is 1. The van der Waals surface area contributed by atoms with Gasteiger partial charge in [0.15, 0.2) is 0 Å². The maximum Gasteiger partial charge on any atom is 0.223 e. The summed E-state index contributed by atoms with van der Waals surface area (Å²) in [5.74, 6) is 1.75. The number of ether oxygens (including phenoxy) is 1. The number of anilines is 1. The van der Waals surface area contributed by atoms with Crippen molar-refractivity contribution in [1.29, 1.82) is 0 Å². The molecular formula is C16H23N3O2. The lowest BCUT2D eigenvalue weighted by Crippen LogP contribution is -2.51. The summed E-state index contributed by atoms with van der Waals surface area (Å²) in [4.78, 5) is 16.5. The Bertz CT molecular complexity index is 494. The van der Waals surface area contributed by atoms with E-state index in [2.05, 4.69) is 16.3 Å². The number of benzene rings is 1. The molecule has 0 radical (unpaired) electrons. The second-order valence-electron chi connectivity index (χ2n) is 5.77. The third kappa shape index (κ3) is 3.13. The van der Waals surface area contributed by atoms with Gasteiger partial charge in [0.25, 0.3) is 0 Å². The fourth-order valence-electron chi connectivity index (χ4n) is 2.96. The lowest BCUT2D eigenvalue weighted by molar-refractivity contribution is -0.132. The number of hydrogen-bond acceptors (Lipinski definition) is 4. The van der Waals surface area contributed by atoms with Gasteiger partial charge in [0.1, 0.15) is 5.75 Å². The van der Waals surface area contributed by atoms with E-state index in [1.54, 1.807) is 7.11 Å². The SMILES string of the molecule is COc1ccccc1N1CCN(C(=O)CC2CNC2)CC1. The summed E-state index contributed by atoms with van der Waals surface area (Å²) in [6, 6.07) is 8.07. The van der Waals surface area contributed by atoms with Gasteiger partial charge in [-0.3, -0.25) is 4.79 Å². The quantitative estimate of drug-likeness (QED) is 0.896. The normalized spacial score (nSPS) is 19.3. The minimum atomic E-state index is 0.307. The van der Waals surface area contributed by atoms with E-state index in [-0.39, 0.29) is 0 Å². The second-order valence-corrected chi connectivity index (χ2v) is 5.77. The van der Waals surface area contributed by atoms with Crippen molar-refractivity contribution in [3.63, 3.8) is 0 Å². The highest BCUT2D eigenvalue weighted by Crippen LogP contribution is 2.28. The van der Waals surface area contributed by atoms with Crippen LogP contribution in [-0.4, -0.2) is 57.2 Å². The predicted molar refractivity (Wildman–Crippen MR) is 82.8 cm³/mol. The van der Waals surface area contributed by atoms with Crippen LogP contribution in [0.4, 0.5) is 5.69 Å². The first-order valence-electron chi connectivity index (χ1n) is 7.64. The molecule has 0 aromatic heterocycles. The molecule has 0 bridgehead atoms. The van der Waals surface area contributed by atoms with Crippen LogP contribution in [0.2, 0.25) is 0 Å².